The number of nitrogens with two attached hydrogens (primary N) is 1. The zero-order valence-electron chi connectivity index (χ0n) is 9.63. The smallest absolute Gasteiger partial charge is 0.0702 e. The zero-order valence-corrected chi connectivity index (χ0v) is 12.8. The maximum absolute atomic E-state index is 6.30. The standard InChI is InChI=1S/C13H13BrClNS/c1-7-6-10(15)8(2)5-9(7)13(16)11-3-4-12(14)17-11/h3-6,13H,16H2,1-2H3. The maximum atomic E-state index is 6.30. The average Bonchev–Trinajstić information content (AvgIpc) is 2.69. The highest BCUT2D eigenvalue weighted by Crippen LogP contribution is 2.32. The minimum Gasteiger partial charge on any atom is -0.320 e. The Morgan fingerprint density at radius 3 is 2.53 bits per heavy atom. The number of halogens is 2. The number of hydrogen-bond donors (Lipinski definition) is 1. The molecule has 0 aliphatic carbocycles. The molecule has 0 spiro atoms. The Balaban J connectivity index is 2.43. The molecule has 4 heteroatoms. The van der Waals surface area contributed by atoms with Gasteiger partial charge in [-0.2, -0.15) is 0 Å². The van der Waals surface area contributed by atoms with E-state index in [9.17, 15) is 0 Å². The van der Waals surface area contributed by atoms with Gasteiger partial charge in [-0.3, -0.25) is 0 Å². The highest BCUT2D eigenvalue weighted by atomic mass is 79.9. The molecule has 0 saturated carbocycles. The summed E-state index contributed by atoms with van der Waals surface area (Å²) in [5.41, 5.74) is 9.64. The van der Waals surface area contributed by atoms with Crippen LogP contribution < -0.4 is 5.73 Å². The van der Waals surface area contributed by atoms with Gasteiger partial charge in [-0.05, 0) is 64.7 Å². The van der Waals surface area contributed by atoms with Crippen LogP contribution in [-0.2, 0) is 0 Å². The van der Waals surface area contributed by atoms with Gasteiger partial charge < -0.3 is 5.73 Å². The van der Waals surface area contributed by atoms with Gasteiger partial charge in [0.1, 0.15) is 0 Å². The first-order valence-corrected chi connectivity index (χ1v) is 7.25. The van der Waals surface area contributed by atoms with E-state index in [4.69, 9.17) is 17.3 Å². The lowest BCUT2D eigenvalue weighted by molar-refractivity contribution is 0.880. The fourth-order valence-electron chi connectivity index (χ4n) is 1.79. The summed E-state index contributed by atoms with van der Waals surface area (Å²) < 4.78 is 1.10. The predicted octanol–water partition coefficient (Wildman–Crippen LogP) is 4.83. The van der Waals surface area contributed by atoms with Gasteiger partial charge in [0.05, 0.1) is 9.83 Å². The number of aryl methyl sites for hydroxylation is 2. The molecule has 2 aromatic rings. The van der Waals surface area contributed by atoms with E-state index in [0.29, 0.717) is 0 Å². The topological polar surface area (TPSA) is 26.0 Å². The summed E-state index contributed by atoms with van der Waals surface area (Å²) in [5.74, 6) is 0. The molecule has 0 aliphatic heterocycles. The van der Waals surface area contributed by atoms with Gasteiger partial charge in [-0.25, -0.2) is 0 Å². The molecule has 0 fully saturated rings. The number of rotatable bonds is 2. The SMILES string of the molecule is Cc1cc(C(N)c2ccc(Br)s2)c(C)cc1Cl. The Morgan fingerprint density at radius 2 is 1.94 bits per heavy atom. The molecule has 0 aliphatic rings. The van der Waals surface area contributed by atoms with E-state index in [-0.39, 0.29) is 6.04 Å². The van der Waals surface area contributed by atoms with Gasteiger partial charge >= 0.3 is 0 Å². The van der Waals surface area contributed by atoms with Crippen molar-refractivity contribution in [1.29, 1.82) is 0 Å². The van der Waals surface area contributed by atoms with Crippen molar-refractivity contribution < 1.29 is 0 Å². The molecule has 0 saturated heterocycles. The molecule has 0 radical (unpaired) electrons. The third-order valence-corrected chi connectivity index (χ3v) is 4.90. The van der Waals surface area contributed by atoms with Crippen molar-refractivity contribution in [2.45, 2.75) is 19.9 Å². The lowest BCUT2D eigenvalue weighted by atomic mass is 9.98. The van der Waals surface area contributed by atoms with Gasteiger partial charge in [0, 0.05) is 9.90 Å². The maximum Gasteiger partial charge on any atom is 0.0702 e. The lowest BCUT2D eigenvalue weighted by Crippen LogP contribution is -2.12. The molecule has 1 nitrogen and oxygen atoms in total. The second-order valence-electron chi connectivity index (χ2n) is 4.08. The van der Waals surface area contributed by atoms with Crippen LogP contribution in [0.3, 0.4) is 0 Å². The highest BCUT2D eigenvalue weighted by Gasteiger charge is 2.14. The molecule has 17 heavy (non-hydrogen) atoms. The van der Waals surface area contributed by atoms with Crippen molar-refractivity contribution in [3.05, 3.63) is 54.6 Å². The number of benzene rings is 1. The zero-order chi connectivity index (χ0) is 12.6. The molecule has 90 valence electrons. The third kappa shape index (κ3) is 2.74. The Kier molecular flexibility index (Phi) is 3.93. The van der Waals surface area contributed by atoms with Crippen LogP contribution in [0, 0.1) is 13.8 Å². The normalized spacial score (nSPS) is 12.8. The molecule has 1 aromatic heterocycles. The largest absolute Gasteiger partial charge is 0.320 e. The second kappa shape index (κ2) is 5.11. The molecule has 2 rings (SSSR count). The first-order valence-electron chi connectivity index (χ1n) is 5.26. The molecular weight excluding hydrogens is 318 g/mol. The quantitative estimate of drug-likeness (QED) is 0.838. The van der Waals surface area contributed by atoms with Crippen molar-refractivity contribution >= 4 is 38.9 Å². The Morgan fingerprint density at radius 1 is 1.24 bits per heavy atom. The van der Waals surface area contributed by atoms with Crippen LogP contribution in [0.4, 0.5) is 0 Å². The molecule has 1 aromatic carbocycles. The molecule has 1 heterocycles. The lowest BCUT2D eigenvalue weighted by Gasteiger charge is -2.15. The summed E-state index contributed by atoms with van der Waals surface area (Å²) >= 11 is 11.2. The summed E-state index contributed by atoms with van der Waals surface area (Å²) in [6.45, 7) is 4.05. The Bertz CT molecular complexity index is 550. The monoisotopic (exact) mass is 329 g/mol. The van der Waals surface area contributed by atoms with Gasteiger partial charge in [0.2, 0.25) is 0 Å². The minimum absolute atomic E-state index is 0.0812. The molecular formula is C13H13BrClNS. The van der Waals surface area contributed by atoms with E-state index in [1.807, 2.05) is 26.0 Å². The molecule has 2 N–H and O–H groups in total. The van der Waals surface area contributed by atoms with Crippen LogP contribution in [0.1, 0.15) is 27.6 Å². The summed E-state index contributed by atoms with van der Waals surface area (Å²) in [4.78, 5) is 1.15. The van der Waals surface area contributed by atoms with Crippen LogP contribution in [-0.4, -0.2) is 0 Å². The molecule has 0 bridgehead atoms. The average molecular weight is 331 g/mol. The molecule has 1 atom stereocenters. The van der Waals surface area contributed by atoms with Crippen molar-refractivity contribution in [3.63, 3.8) is 0 Å². The summed E-state index contributed by atoms with van der Waals surface area (Å²) in [5, 5.41) is 0.797. The van der Waals surface area contributed by atoms with E-state index in [2.05, 4.69) is 28.1 Å². The van der Waals surface area contributed by atoms with Crippen LogP contribution >= 0.6 is 38.9 Å². The molecule has 0 amide bonds. The van der Waals surface area contributed by atoms with Crippen molar-refractivity contribution in [2.75, 3.05) is 0 Å². The predicted molar refractivity (Wildman–Crippen MR) is 79.0 cm³/mol. The summed E-state index contributed by atoms with van der Waals surface area (Å²) in [6.07, 6.45) is 0. The van der Waals surface area contributed by atoms with Crippen LogP contribution in [0.25, 0.3) is 0 Å². The van der Waals surface area contributed by atoms with E-state index in [0.717, 1.165) is 30.4 Å². The minimum atomic E-state index is -0.0812. The van der Waals surface area contributed by atoms with Gasteiger partial charge in [-0.1, -0.05) is 17.7 Å². The number of hydrogen-bond acceptors (Lipinski definition) is 2. The fourth-order valence-corrected chi connectivity index (χ4v) is 3.45. The van der Waals surface area contributed by atoms with Gasteiger partial charge in [0.15, 0.2) is 0 Å². The first-order chi connectivity index (χ1) is 7.99. The van der Waals surface area contributed by atoms with Gasteiger partial charge in [0.25, 0.3) is 0 Å². The van der Waals surface area contributed by atoms with E-state index in [1.165, 1.54) is 0 Å². The van der Waals surface area contributed by atoms with Crippen molar-refractivity contribution in [2.24, 2.45) is 5.73 Å². The first kappa shape index (κ1) is 13.1. The van der Waals surface area contributed by atoms with Crippen molar-refractivity contribution in [1.82, 2.24) is 0 Å². The van der Waals surface area contributed by atoms with Crippen LogP contribution in [0.15, 0.2) is 28.1 Å². The van der Waals surface area contributed by atoms with E-state index < -0.39 is 0 Å². The Labute approximate surface area is 119 Å². The fraction of sp³-hybridized carbons (Fsp3) is 0.231. The van der Waals surface area contributed by atoms with Crippen LogP contribution in [0.2, 0.25) is 5.02 Å². The summed E-state index contributed by atoms with van der Waals surface area (Å²) in [7, 11) is 0. The second-order valence-corrected chi connectivity index (χ2v) is 6.98. The van der Waals surface area contributed by atoms with Crippen molar-refractivity contribution in [3.8, 4) is 0 Å². The number of thiophene rings is 1. The van der Waals surface area contributed by atoms with E-state index in [1.54, 1.807) is 11.3 Å². The summed E-state index contributed by atoms with van der Waals surface area (Å²) in [6, 6.07) is 8.06. The highest BCUT2D eigenvalue weighted by molar-refractivity contribution is 9.11. The van der Waals surface area contributed by atoms with E-state index >= 15 is 0 Å². The Hall–Kier alpha value is -0.350. The van der Waals surface area contributed by atoms with Crippen LogP contribution in [0.5, 0.6) is 0 Å². The van der Waals surface area contributed by atoms with Gasteiger partial charge in [-0.15, -0.1) is 11.3 Å². The molecule has 1 unspecified atom stereocenters. The third-order valence-electron chi connectivity index (χ3n) is 2.78.